The van der Waals surface area contributed by atoms with Crippen LogP contribution in [0.15, 0.2) is 0 Å². The van der Waals surface area contributed by atoms with Crippen LogP contribution in [0.1, 0.15) is 64.7 Å². The Bertz CT molecular complexity index is 701. The van der Waals surface area contributed by atoms with Gasteiger partial charge in [0.05, 0.1) is 6.61 Å². The van der Waals surface area contributed by atoms with Crippen molar-refractivity contribution in [1.29, 1.82) is 0 Å². The summed E-state index contributed by atoms with van der Waals surface area (Å²) in [5.41, 5.74) is 0. The molecule has 2 nitrogen and oxygen atoms in total. The summed E-state index contributed by atoms with van der Waals surface area (Å²) in [6.07, 6.45) is -2.09. The lowest BCUT2D eigenvalue weighted by Crippen LogP contribution is -2.73. The highest BCUT2D eigenvalue weighted by Gasteiger charge is 2.94. The number of ether oxygens (including phenoxy) is 1. The molecule has 17 heteroatoms. The third-order valence-electron chi connectivity index (χ3n) is 5.07. The van der Waals surface area contributed by atoms with Gasteiger partial charge in [-0.1, -0.05) is 58.3 Å². The molecular weight excluding hydrogens is 545 g/mol. The largest absolute Gasteiger partial charge is 0.461 e. The van der Waals surface area contributed by atoms with Crippen LogP contribution < -0.4 is 0 Å². The first kappa shape index (κ1) is 34.4. The fraction of sp³-hybridized carbons (Fsp3) is 0.947. The zero-order valence-corrected chi connectivity index (χ0v) is 18.6. The number of carbonyl (C=O) groups is 1. The molecule has 0 saturated heterocycles. The van der Waals surface area contributed by atoms with Gasteiger partial charge in [-0.05, 0) is 6.42 Å². The lowest BCUT2D eigenvalue weighted by Gasteiger charge is -2.40. The molecule has 0 aliphatic carbocycles. The standard InChI is InChI=1S/C19H23F15O2/c1-2-3-4-5-6-7-8-9-10-11-36-12(35)13(20,21)14(22,23)15(24,25)16(26,27)17(28,29)18(30,31)19(32,33)34/h2-11H2,1H3. The van der Waals surface area contributed by atoms with Crippen molar-refractivity contribution in [1.82, 2.24) is 0 Å². The Morgan fingerprint density at radius 3 is 1.22 bits per heavy atom. The molecule has 0 spiro atoms. The minimum absolute atomic E-state index is 0.163. The van der Waals surface area contributed by atoms with Gasteiger partial charge in [0, 0.05) is 0 Å². The van der Waals surface area contributed by atoms with Crippen LogP contribution in [-0.2, 0) is 9.53 Å². The van der Waals surface area contributed by atoms with Crippen LogP contribution in [0.5, 0.6) is 0 Å². The Morgan fingerprint density at radius 2 is 0.833 bits per heavy atom. The second-order valence-corrected chi connectivity index (χ2v) is 7.91. The van der Waals surface area contributed by atoms with Crippen molar-refractivity contribution >= 4 is 5.97 Å². The number of esters is 1. The average molecular weight is 568 g/mol. The van der Waals surface area contributed by atoms with E-state index in [-0.39, 0.29) is 12.8 Å². The van der Waals surface area contributed by atoms with Crippen LogP contribution in [0.2, 0.25) is 0 Å². The Balaban J connectivity index is 5.39. The fourth-order valence-corrected chi connectivity index (χ4v) is 2.76. The number of hydrogen-bond donors (Lipinski definition) is 0. The number of rotatable bonds is 16. The third kappa shape index (κ3) is 6.45. The summed E-state index contributed by atoms with van der Waals surface area (Å²) in [7, 11) is 0. The molecule has 0 aliphatic heterocycles. The number of alkyl halides is 15. The first-order valence-electron chi connectivity index (χ1n) is 10.5. The first-order chi connectivity index (χ1) is 16.0. The fourth-order valence-electron chi connectivity index (χ4n) is 2.76. The lowest BCUT2D eigenvalue weighted by molar-refractivity contribution is -0.450. The summed E-state index contributed by atoms with van der Waals surface area (Å²) in [5, 5.41) is 0. The van der Waals surface area contributed by atoms with E-state index in [4.69, 9.17) is 0 Å². The molecule has 0 unspecified atom stereocenters. The van der Waals surface area contributed by atoms with Gasteiger partial charge in [-0.25, -0.2) is 4.79 Å². The molecule has 0 radical (unpaired) electrons. The van der Waals surface area contributed by atoms with Crippen molar-refractivity contribution in [3.63, 3.8) is 0 Å². The van der Waals surface area contributed by atoms with Gasteiger partial charge in [0.15, 0.2) is 0 Å². The van der Waals surface area contributed by atoms with Gasteiger partial charge in [0.1, 0.15) is 0 Å². The van der Waals surface area contributed by atoms with Crippen molar-refractivity contribution in [2.24, 2.45) is 0 Å². The van der Waals surface area contributed by atoms with Crippen molar-refractivity contribution in [3.8, 4) is 0 Å². The number of hydrogen-bond acceptors (Lipinski definition) is 2. The minimum atomic E-state index is -8.43. The van der Waals surface area contributed by atoms with Crippen molar-refractivity contribution in [2.45, 2.75) is 106 Å². The topological polar surface area (TPSA) is 26.3 Å². The smallest absolute Gasteiger partial charge is 0.460 e. The average Bonchev–Trinajstić information content (AvgIpc) is 2.73. The van der Waals surface area contributed by atoms with Gasteiger partial charge in [-0.15, -0.1) is 0 Å². The quantitative estimate of drug-likeness (QED) is 0.106. The van der Waals surface area contributed by atoms with Crippen molar-refractivity contribution in [3.05, 3.63) is 0 Å². The zero-order chi connectivity index (χ0) is 28.9. The maximum Gasteiger partial charge on any atom is 0.460 e. The van der Waals surface area contributed by atoms with E-state index in [9.17, 15) is 70.7 Å². The van der Waals surface area contributed by atoms with E-state index in [0.29, 0.717) is 12.8 Å². The van der Waals surface area contributed by atoms with Crippen LogP contribution in [0.3, 0.4) is 0 Å². The first-order valence-corrected chi connectivity index (χ1v) is 10.5. The third-order valence-corrected chi connectivity index (χ3v) is 5.07. The Hall–Kier alpha value is -1.58. The summed E-state index contributed by atoms with van der Waals surface area (Å²) >= 11 is 0. The molecule has 0 aromatic heterocycles. The number of carbonyl (C=O) groups excluding carboxylic acids is 1. The highest BCUT2D eigenvalue weighted by Crippen LogP contribution is 2.62. The SMILES string of the molecule is CCCCCCCCCCCOC(=O)C(F)(F)C(F)(F)C(F)(F)C(F)(F)C(F)(F)C(F)(F)C(F)(F)F. The second-order valence-electron chi connectivity index (χ2n) is 7.91. The molecular formula is C19H23F15O2. The molecule has 0 atom stereocenters. The number of unbranched alkanes of at least 4 members (excludes halogenated alkanes) is 8. The highest BCUT2D eigenvalue weighted by atomic mass is 19.4. The molecule has 0 saturated carbocycles. The van der Waals surface area contributed by atoms with E-state index in [0.717, 1.165) is 32.1 Å². The predicted octanol–water partition coefficient (Wildman–Crippen LogP) is 8.43. The molecule has 0 aliphatic rings. The summed E-state index contributed by atoms with van der Waals surface area (Å²) in [4.78, 5) is 11.2. The van der Waals surface area contributed by atoms with Gasteiger partial charge in [0.25, 0.3) is 0 Å². The maximum atomic E-state index is 13.6. The van der Waals surface area contributed by atoms with Gasteiger partial charge >= 0.3 is 47.7 Å². The Labute approximate surface area is 195 Å². The van der Waals surface area contributed by atoms with Crippen molar-refractivity contribution < 1.29 is 75.4 Å². The predicted molar refractivity (Wildman–Crippen MR) is 93.9 cm³/mol. The molecule has 216 valence electrons. The van der Waals surface area contributed by atoms with Crippen LogP contribution in [-0.4, -0.2) is 54.3 Å². The Kier molecular flexibility index (Phi) is 11.3. The van der Waals surface area contributed by atoms with Crippen molar-refractivity contribution in [2.75, 3.05) is 6.61 Å². The van der Waals surface area contributed by atoms with Crippen LogP contribution >= 0.6 is 0 Å². The lowest BCUT2D eigenvalue weighted by atomic mass is 9.91. The molecule has 0 bridgehead atoms. The van der Waals surface area contributed by atoms with Gasteiger partial charge in [0.2, 0.25) is 0 Å². The monoisotopic (exact) mass is 568 g/mol. The van der Waals surface area contributed by atoms with E-state index in [1.165, 1.54) is 0 Å². The zero-order valence-electron chi connectivity index (χ0n) is 18.6. The molecule has 0 heterocycles. The summed E-state index contributed by atoms with van der Waals surface area (Å²) in [6.45, 7) is 0.861. The van der Waals surface area contributed by atoms with E-state index in [2.05, 4.69) is 4.74 Å². The summed E-state index contributed by atoms with van der Waals surface area (Å²) in [6, 6.07) is 0. The summed E-state index contributed by atoms with van der Waals surface area (Å²) < 4.78 is 200. The molecule has 0 aromatic rings. The molecule has 0 rings (SSSR count). The van der Waals surface area contributed by atoms with E-state index < -0.39 is 54.3 Å². The number of halogens is 15. The molecule has 0 aromatic carbocycles. The summed E-state index contributed by atoms with van der Waals surface area (Å²) in [5.74, 6) is -51.6. The molecule has 0 N–H and O–H groups in total. The molecule has 0 amide bonds. The van der Waals surface area contributed by atoms with Crippen LogP contribution in [0.25, 0.3) is 0 Å². The molecule has 36 heavy (non-hydrogen) atoms. The van der Waals surface area contributed by atoms with E-state index in [1.807, 2.05) is 6.92 Å². The van der Waals surface area contributed by atoms with Crippen LogP contribution in [0.4, 0.5) is 65.9 Å². The van der Waals surface area contributed by atoms with Gasteiger partial charge < -0.3 is 4.74 Å². The normalized spacial score (nSPS) is 14.8. The highest BCUT2D eigenvalue weighted by molar-refractivity contribution is 5.79. The Morgan fingerprint density at radius 1 is 0.500 bits per heavy atom. The van der Waals surface area contributed by atoms with Gasteiger partial charge in [-0.3, -0.25) is 0 Å². The van der Waals surface area contributed by atoms with E-state index in [1.54, 1.807) is 0 Å². The maximum absolute atomic E-state index is 13.6. The second kappa shape index (κ2) is 11.9. The van der Waals surface area contributed by atoms with Crippen LogP contribution in [0, 0.1) is 0 Å². The molecule has 0 fully saturated rings. The minimum Gasteiger partial charge on any atom is -0.461 e. The van der Waals surface area contributed by atoms with Gasteiger partial charge in [-0.2, -0.15) is 65.9 Å². The van der Waals surface area contributed by atoms with E-state index >= 15 is 0 Å².